The molecule has 14 rings (SSSR count). The first-order valence-electron chi connectivity index (χ1n) is 24.3. The predicted octanol–water partition coefficient (Wildman–Crippen LogP) is 20.6. The molecule has 0 N–H and O–H groups in total. The van der Waals surface area contributed by atoms with Crippen LogP contribution in [0.3, 0.4) is 0 Å². The minimum Gasteiger partial charge on any atom is -0.135 e. The molecule has 0 atom stereocenters. The van der Waals surface area contributed by atoms with Crippen LogP contribution in [0.25, 0.3) is 139 Å². The van der Waals surface area contributed by atoms with Crippen molar-refractivity contribution in [3.05, 3.63) is 229 Å². The highest BCUT2D eigenvalue weighted by molar-refractivity contribution is 7.27. The van der Waals surface area contributed by atoms with Crippen LogP contribution in [0.15, 0.2) is 206 Å². The average molecular weight is 927 g/mol. The minimum absolute atomic E-state index is 1.22. The maximum absolute atomic E-state index is 2.57. The van der Waals surface area contributed by atoms with E-state index in [0.717, 1.165) is 0 Å². The fourth-order valence-corrected chi connectivity index (χ4v) is 14.5. The molecule has 2 aromatic heterocycles. The highest BCUT2D eigenvalue weighted by atomic mass is 32.1. The van der Waals surface area contributed by atoms with E-state index >= 15 is 0 Å². The average Bonchev–Trinajstić information content (AvgIpc) is 3.95. The van der Waals surface area contributed by atoms with Crippen molar-refractivity contribution < 1.29 is 0 Å². The van der Waals surface area contributed by atoms with Crippen LogP contribution in [0.4, 0.5) is 0 Å². The lowest BCUT2D eigenvalue weighted by atomic mass is 9.82. The molecule has 0 fully saturated rings. The largest absolute Gasteiger partial charge is 0.135 e. The summed E-state index contributed by atoms with van der Waals surface area (Å²) in [6.45, 7) is 8.96. The van der Waals surface area contributed by atoms with Crippen molar-refractivity contribution >= 4 is 95.3 Å². The van der Waals surface area contributed by atoms with Gasteiger partial charge in [0.2, 0.25) is 0 Å². The van der Waals surface area contributed by atoms with E-state index in [1.807, 2.05) is 22.7 Å². The van der Waals surface area contributed by atoms with Crippen LogP contribution in [-0.2, 0) is 0 Å². The lowest BCUT2D eigenvalue weighted by molar-refractivity contribution is 1.38. The molecule has 0 radical (unpaired) electrons. The Morgan fingerprint density at radius 2 is 0.614 bits per heavy atom. The second-order valence-electron chi connectivity index (χ2n) is 19.3. The predicted molar refractivity (Wildman–Crippen MR) is 307 cm³/mol. The molecule has 2 heteroatoms. The molecule has 0 aliphatic rings. The molecule has 0 aliphatic carbocycles. The van der Waals surface area contributed by atoms with E-state index in [2.05, 4.69) is 234 Å². The number of rotatable bonds is 6. The van der Waals surface area contributed by atoms with Crippen LogP contribution in [0.5, 0.6) is 0 Å². The normalized spacial score (nSPS) is 12.0. The minimum atomic E-state index is 1.22. The van der Waals surface area contributed by atoms with Crippen molar-refractivity contribution in [3.63, 3.8) is 0 Å². The highest BCUT2D eigenvalue weighted by Gasteiger charge is 2.26. The molecule has 0 saturated heterocycles. The summed E-state index contributed by atoms with van der Waals surface area (Å²) in [7, 11) is 0. The first kappa shape index (κ1) is 41.1. The van der Waals surface area contributed by atoms with Crippen molar-refractivity contribution in [2.45, 2.75) is 27.7 Å². The maximum Gasteiger partial charge on any atom is 0.0434 e. The highest BCUT2D eigenvalue weighted by Crippen LogP contribution is 2.54. The quantitative estimate of drug-likeness (QED) is 0.146. The molecular formula is C68H46S2. The maximum atomic E-state index is 2.57. The van der Waals surface area contributed by atoms with E-state index in [0.29, 0.717) is 0 Å². The Balaban J connectivity index is 1.17. The van der Waals surface area contributed by atoms with Gasteiger partial charge in [0.15, 0.2) is 0 Å². The summed E-state index contributed by atoms with van der Waals surface area (Å²) in [4.78, 5) is 0. The summed E-state index contributed by atoms with van der Waals surface area (Å²) in [6.07, 6.45) is 0. The van der Waals surface area contributed by atoms with Crippen LogP contribution in [0, 0.1) is 27.7 Å². The summed E-state index contributed by atoms with van der Waals surface area (Å²) < 4.78 is 5.31. The smallest absolute Gasteiger partial charge is 0.0434 e. The fraction of sp³-hybridized carbons (Fsp3) is 0.0588. The standard InChI is InChI=1S/C68H46S2/c1-39-17-15-18-40(2)63(39)45-29-31-51-57-37-55-54(50-28-14-12-26-48(50)44-23-9-6-10-24-44)36-60-66-56(38-58-52-32-30-46(34-62(52)70-68(58)60)64-41(3)19-16-20-42(64)4)53(35-59(65(55)66)67(57)69-61(51)33-45)49-27-13-11-25-47(49)43-21-7-5-8-22-43/h5-38H,1-4H3. The molecule has 0 spiro atoms. The van der Waals surface area contributed by atoms with E-state index < -0.39 is 0 Å². The fourth-order valence-electron chi connectivity index (χ4n) is 12.0. The Bertz CT molecular complexity index is 4110. The molecule has 12 aromatic carbocycles. The van der Waals surface area contributed by atoms with Crippen LogP contribution < -0.4 is 0 Å². The Hall–Kier alpha value is -7.88. The Morgan fingerprint density at radius 1 is 0.243 bits per heavy atom. The lowest BCUT2D eigenvalue weighted by Crippen LogP contribution is -1.94. The van der Waals surface area contributed by atoms with E-state index in [9.17, 15) is 0 Å². The van der Waals surface area contributed by atoms with Crippen molar-refractivity contribution in [3.8, 4) is 66.8 Å². The molecular weight excluding hydrogens is 881 g/mol. The molecule has 330 valence electrons. The summed E-state index contributed by atoms with van der Waals surface area (Å²) in [5.41, 5.74) is 20.4. The number of hydrogen-bond donors (Lipinski definition) is 0. The van der Waals surface area contributed by atoms with Crippen molar-refractivity contribution in [2.24, 2.45) is 0 Å². The van der Waals surface area contributed by atoms with Gasteiger partial charge in [-0.1, -0.05) is 170 Å². The van der Waals surface area contributed by atoms with Gasteiger partial charge in [0.05, 0.1) is 0 Å². The van der Waals surface area contributed by atoms with Crippen LogP contribution >= 0.6 is 22.7 Å². The van der Waals surface area contributed by atoms with Gasteiger partial charge in [-0.2, -0.15) is 0 Å². The van der Waals surface area contributed by atoms with Gasteiger partial charge in [0.1, 0.15) is 0 Å². The molecule has 0 aliphatic heterocycles. The molecule has 14 aromatic rings. The monoisotopic (exact) mass is 926 g/mol. The van der Waals surface area contributed by atoms with Gasteiger partial charge < -0.3 is 0 Å². The van der Waals surface area contributed by atoms with Gasteiger partial charge in [-0.25, -0.2) is 0 Å². The van der Waals surface area contributed by atoms with Gasteiger partial charge in [0, 0.05) is 51.1 Å². The zero-order valence-corrected chi connectivity index (χ0v) is 41.1. The molecule has 0 bridgehead atoms. The number of aryl methyl sites for hydroxylation is 4. The first-order chi connectivity index (χ1) is 34.4. The van der Waals surface area contributed by atoms with Crippen LogP contribution in [-0.4, -0.2) is 0 Å². The summed E-state index contributed by atoms with van der Waals surface area (Å²) in [6, 6.07) is 78.0. The molecule has 70 heavy (non-hydrogen) atoms. The summed E-state index contributed by atoms with van der Waals surface area (Å²) >= 11 is 3.91. The van der Waals surface area contributed by atoms with Crippen molar-refractivity contribution in [1.29, 1.82) is 0 Å². The molecule has 0 nitrogen and oxygen atoms in total. The van der Waals surface area contributed by atoms with E-state index in [-0.39, 0.29) is 0 Å². The van der Waals surface area contributed by atoms with Gasteiger partial charge in [0.25, 0.3) is 0 Å². The van der Waals surface area contributed by atoms with Gasteiger partial charge in [-0.3, -0.25) is 0 Å². The molecule has 0 amide bonds. The number of hydrogen-bond acceptors (Lipinski definition) is 2. The van der Waals surface area contributed by atoms with E-state index in [1.54, 1.807) is 0 Å². The van der Waals surface area contributed by atoms with Crippen LogP contribution in [0.1, 0.15) is 22.3 Å². The third kappa shape index (κ3) is 6.20. The Morgan fingerprint density at radius 3 is 1.01 bits per heavy atom. The second-order valence-corrected chi connectivity index (χ2v) is 21.4. The number of benzene rings is 12. The zero-order valence-electron chi connectivity index (χ0n) is 39.4. The first-order valence-corrected chi connectivity index (χ1v) is 25.9. The van der Waals surface area contributed by atoms with Crippen molar-refractivity contribution in [2.75, 3.05) is 0 Å². The van der Waals surface area contributed by atoms with Gasteiger partial charge in [-0.05, 0) is 175 Å². The third-order valence-corrected chi connectivity index (χ3v) is 17.6. The third-order valence-electron chi connectivity index (χ3n) is 15.2. The topological polar surface area (TPSA) is 0 Å². The summed E-state index contributed by atoms with van der Waals surface area (Å²) in [5, 5.41) is 13.1. The molecule has 0 saturated carbocycles. The van der Waals surface area contributed by atoms with Gasteiger partial charge >= 0.3 is 0 Å². The Kier molecular flexibility index (Phi) is 9.30. The number of thiophene rings is 2. The molecule has 0 unspecified atom stereocenters. The summed E-state index contributed by atoms with van der Waals surface area (Å²) in [5.74, 6) is 0. The van der Waals surface area contributed by atoms with E-state index in [1.165, 1.54) is 162 Å². The SMILES string of the molecule is Cc1cccc(C)c1-c1ccc2c(c1)sc1c2cc2c(-c3ccccc3-c3ccccc3)cc3c4sc5cc(-c6c(C)cccc6C)ccc5c4cc4c(-c5ccccc5-c5ccccc5)cc1c2c43. The van der Waals surface area contributed by atoms with E-state index in [4.69, 9.17) is 0 Å². The van der Waals surface area contributed by atoms with Gasteiger partial charge in [-0.15, -0.1) is 22.7 Å². The second kappa shape index (κ2) is 15.8. The Labute approximate surface area is 415 Å². The lowest BCUT2D eigenvalue weighted by Gasteiger charge is -2.21. The zero-order chi connectivity index (χ0) is 46.8. The molecule has 2 heterocycles. The number of fused-ring (bicyclic) bond motifs is 8. The van der Waals surface area contributed by atoms with Crippen LogP contribution in [0.2, 0.25) is 0 Å². The van der Waals surface area contributed by atoms with Crippen molar-refractivity contribution in [1.82, 2.24) is 0 Å².